The monoisotopic (exact) mass is 561 g/mol. The van der Waals surface area contributed by atoms with Crippen LogP contribution in [0.3, 0.4) is 0 Å². The minimum absolute atomic E-state index is 0.0133. The average molecular weight is 562 g/mol. The number of hydrogen-bond acceptors (Lipinski definition) is 4. The molecule has 3 aromatic carbocycles. The number of carbonyl (C=O) groups is 2. The Bertz CT molecular complexity index is 1850. The van der Waals surface area contributed by atoms with Gasteiger partial charge >= 0.3 is 5.97 Å². The number of hydrogen-bond donors (Lipinski definition) is 1. The number of nitrogens with zero attached hydrogens (tertiary/aromatic N) is 3. The van der Waals surface area contributed by atoms with Crippen molar-refractivity contribution in [3.05, 3.63) is 95.6 Å². The zero-order chi connectivity index (χ0) is 29.0. The van der Waals surface area contributed by atoms with Crippen LogP contribution in [0.4, 0.5) is 4.39 Å². The molecule has 2 heterocycles. The summed E-state index contributed by atoms with van der Waals surface area (Å²) in [6.07, 6.45) is 6.02. The number of aromatic nitrogens is 3. The molecule has 5 aromatic rings. The van der Waals surface area contributed by atoms with Crippen LogP contribution in [-0.2, 0) is 11.3 Å². The number of carbonyl (C=O) groups excluding carboxylic acids is 1. The van der Waals surface area contributed by atoms with Gasteiger partial charge in [0.2, 0.25) is 0 Å². The molecule has 7 heteroatoms. The molecule has 0 radical (unpaired) electrons. The largest absolute Gasteiger partial charge is 0.481 e. The highest BCUT2D eigenvalue weighted by molar-refractivity contribution is 6.07. The number of pyridine rings is 1. The molecular formula is C35H32FN3O3. The Hall–Kier alpha value is -4.39. The molecular weight excluding hydrogens is 529 g/mol. The van der Waals surface area contributed by atoms with E-state index in [2.05, 4.69) is 40.4 Å². The van der Waals surface area contributed by atoms with Gasteiger partial charge in [-0.3, -0.25) is 19.3 Å². The second kappa shape index (κ2) is 10.2. The topological polar surface area (TPSA) is 85.1 Å². The van der Waals surface area contributed by atoms with Gasteiger partial charge < -0.3 is 5.11 Å². The van der Waals surface area contributed by atoms with E-state index >= 15 is 0 Å². The number of halogens is 1. The highest BCUT2D eigenvalue weighted by atomic mass is 19.1. The van der Waals surface area contributed by atoms with Gasteiger partial charge in [0.1, 0.15) is 5.82 Å². The molecule has 1 N–H and O–H groups in total. The number of Topliss-reactive ketones (excluding diaryl/α,β-unsaturated/α-hetero) is 1. The quantitative estimate of drug-likeness (QED) is 0.197. The smallest absolute Gasteiger partial charge is 0.303 e. The second-order valence-electron chi connectivity index (χ2n) is 12.5. The Labute approximate surface area is 243 Å². The molecule has 1 spiro atoms. The molecule has 0 atom stereocenters. The first-order valence-electron chi connectivity index (χ1n) is 14.6. The van der Waals surface area contributed by atoms with Crippen molar-refractivity contribution >= 4 is 33.6 Å². The Balaban J connectivity index is 1.07. The van der Waals surface area contributed by atoms with E-state index in [0.29, 0.717) is 35.3 Å². The van der Waals surface area contributed by atoms with Crippen LogP contribution in [0.5, 0.6) is 0 Å². The van der Waals surface area contributed by atoms with Gasteiger partial charge in [-0.05, 0) is 96.9 Å². The molecule has 0 aliphatic heterocycles. The van der Waals surface area contributed by atoms with E-state index in [1.54, 1.807) is 10.7 Å². The maximum Gasteiger partial charge on any atom is 0.303 e. The highest BCUT2D eigenvalue weighted by Gasteiger charge is 2.53. The maximum atomic E-state index is 14.8. The van der Waals surface area contributed by atoms with Crippen molar-refractivity contribution in [3.8, 4) is 11.1 Å². The van der Waals surface area contributed by atoms with Crippen molar-refractivity contribution in [3.63, 3.8) is 0 Å². The second-order valence-corrected chi connectivity index (χ2v) is 12.5. The van der Waals surface area contributed by atoms with Gasteiger partial charge in [-0.2, -0.15) is 5.10 Å². The van der Waals surface area contributed by atoms with E-state index in [-0.39, 0.29) is 29.4 Å². The highest BCUT2D eigenvalue weighted by Crippen LogP contribution is 2.62. The molecule has 2 fully saturated rings. The van der Waals surface area contributed by atoms with E-state index in [4.69, 9.17) is 5.11 Å². The predicted molar refractivity (Wildman–Crippen MR) is 160 cm³/mol. The van der Waals surface area contributed by atoms with Crippen molar-refractivity contribution in [2.75, 3.05) is 0 Å². The van der Waals surface area contributed by atoms with Crippen LogP contribution in [0.2, 0.25) is 0 Å². The van der Waals surface area contributed by atoms with Crippen molar-refractivity contribution in [2.24, 2.45) is 17.3 Å². The van der Waals surface area contributed by atoms with Crippen molar-refractivity contribution in [1.82, 2.24) is 14.8 Å². The number of fused-ring (bicyclic) bond motifs is 2. The molecule has 6 nitrogen and oxygen atoms in total. The fourth-order valence-corrected chi connectivity index (χ4v) is 7.47. The molecule has 212 valence electrons. The summed E-state index contributed by atoms with van der Waals surface area (Å²) in [6, 6.07) is 21.6. The van der Waals surface area contributed by atoms with E-state index in [9.17, 15) is 14.0 Å². The van der Waals surface area contributed by atoms with Crippen molar-refractivity contribution < 1.29 is 19.1 Å². The van der Waals surface area contributed by atoms with Crippen LogP contribution in [0.1, 0.15) is 60.1 Å². The van der Waals surface area contributed by atoms with Crippen molar-refractivity contribution in [2.45, 2.75) is 52.0 Å². The molecule has 7 rings (SSSR count). The molecule has 2 aliphatic carbocycles. The van der Waals surface area contributed by atoms with Crippen LogP contribution in [0.15, 0.2) is 72.9 Å². The lowest BCUT2D eigenvalue weighted by Crippen LogP contribution is -2.48. The van der Waals surface area contributed by atoms with Gasteiger partial charge in [0.25, 0.3) is 0 Å². The third kappa shape index (κ3) is 4.87. The number of aryl methyl sites for hydroxylation is 1. The molecule has 0 amide bonds. The van der Waals surface area contributed by atoms with Crippen molar-refractivity contribution in [1.29, 1.82) is 0 Å². The van der Waals surface area contributed by atoms with E-state index in [1.807, 2.05) is 31.2 Å². The Morgan fingerprint density at radius 1 is 0.929 bits per heavy atom. The number of carboxylic acid groups (broad SMARTS) is 1. The van der Waals surface area contributed by atoms with Gasteiger partial charge in [-0.15, -0.1) is 0 Å². The summed E-state index contributed by atoms with van der Waals surface area (Å²) in [5.74, 6) is -0.535. The summed E-state index contributed by atoms with van der Waals surface area (Å²) in [7, 11) is 0. The maximum absolute atomic E-state index is 14.8. The molecule has 0 saturated heterocycles. The first kappa shape index (κ1) is 26.5. The van der Waals surface area contributed by atoms with Crippen LogP contribution in [-0.4, -0.2) is 31.6 Å². The predicted octanol–water partition coefficient (Wildman–Crippen LogP) is 7.60. The number of ketones is 1. The van der Waals surface area contributed by atoms with E-state index in [1.165, 1.54) is 12.3 Å². The van der Waals surface area contributed by atoms with Gasteiger partial charge in [0.05, 0.1) is 29.2 Å². The van der Waals surface area contributed by atoms with Gasteiger partial charge in [0.15, 0.2) is 5.78 Å². The molecule has 2 saturated carbocycles. The summed E-state index contributed by atoms with van der Waals surface area (Å²) in [6.45, 7) is 2.41. The minimum Gasteiger partial charge on any atom is -0.481 e. The first-order chi connectivity index (χ1) is 20.2. The summed E-state index contributed by atoms with van der Waals surface area (Å²) in [4.78, 5) is 29.0. The van der Waals surface area contributed by atoms with Crippen LogP contribution < -0.4 is 0 Å². The number of carboxylic acids is 1. The van der Waals surface area contributed by atoms with Gasteiger partial charge in [0, 0.05) is 29.5 Å². The molecule has 0 unspecified atom stereocenters. The lowest BCUT2D eigenvalue weighted by atomic mass is 9.47. The normalized spacial score (nSPS) is 21.4. The lowest BCUT2D eigenvalue weighted by Gasteiger charge is -2.58. The number of benzene rings is 3. The Morgan fingerprint density at radius 2 is 1.64 bits per heavy atom. The molecule has 0 bridgehead atoms. The van der Waals surface area contributed by atoms with Gasteiger partial charge in [-0.25, -0.2) is 4.39 Å². The van der Waals surface area contributed by atoms with Crippen LogP contribution >= 0.6 is 0 Å². The van der Waals surface area contributed by atoms with Crippen LogP contribution in [0.25, 0.3) is 32.9 Å². The SMILES string of the molecule is Cc1ccc2cc(-c3ccc(Cn4ncc5c(F)ccc(C(=O)CC6CC7(CC(CC(=O)O)C7)C6)c54)cc3)ccc2n1. The zero-order valence-electron chi connectivity index (χ0n) is 23.5. The fourth-order valence-electron chi connectivity index (χ4n) is 7.47. The summed E-state index contributed by atoms with van der Waals surface area (Å²) >= 11 is 0. The Morgan fingerprint density at radius 3 is 2.38 bits per heavy atom. The zero-order valence-corrected chi connectivity index (χ0v) is 23.5. The standard InChI is InChI=1S/C35H32FN3O3/c1-21-2-5-27-14-26(8-11-31(27)38-21)25-6-3-22(4-7-25)20-39-34-28(9-10-30(36)29(34)19-37-39)32(40)12-23-15-35(16-23)17-24(18-35)13-33(41)42/h2-11,14,19,23-24H,12-13,15-18,20H2,1H3,(H,41,42). The molecule has 42 heavy (non-hydrogen) atoms. The summed E-state index contributed by atoms with van der Waals surface area (Å²) in [5.41, 5.74) is 6.46. The summed E-state index contributed by atoms with van der Waals surface area (Å²) in [5, 5.41) is 15.0. The first-order valence-corrected chi connectivity index (χ1v) is 14.6. The Kier molecular flexibility index (Phi) is 6.41. The third-order valence-electron chi connectivity index (χ3n) is 9.32. The average Bonchev–Trinajstić information content (AvgIpc) is 3.35. The van der Waals surface area contributed by atoms with E-state index < -0.39 is 5.97 Å². The number of aliphatic carboxylic acids is 1. The summed E-state index contributed by atoms with van der Waals surface area (Å²) < 4.78 is 16.5. The lowest BCUT2D eigenvalue weighted by molar-refractivity contribution is -0.142. The fraction of sp³-hybridized carbons (Fsp3) is 0.314. The third-order valence-corrected chi connectivity index (χ3v) is 9.32. The van der Waals surface area contributed by atoms with Crippen LogP contribution in [0, 0.1) is 30.0 Å². The molecule has 2 aromatic heterocycles. The minimum atomic E-state index is -0.730. The molecule has 2 aliphatic rings. The van der Waals surface area contributed by atoms with Gasteiger partial charge in [-0.1, -0.05) is 36.4 Å². The number of rotatable bonds is 8. The van der Waals surface area contributed by atoms with E-state index in [0.717, 1.165) is 59.0 Å².